The van der Waals surface area contributed by atoms with Crippen LogP contribution in [0.5, 0.6) is 0 Å². The first-order valence-corrected chi connectivity index (χ1v) is 5.67. The summed E-state index contributed by atoms with van der Waals surface area (Å²) in [5.41, 5.74) is -0.349. The van der Waals surface area contributed by atoms with Gasteiger partial charge >= 0.3 is 6.18 Å². The van der Waals surface area contributed by atoms with E-state index in [4.69, 9.17) is 11.6 Å². The van der Waals surface area contributed by atoms with E-state index in [1.54, 1.807) is 6.92 Å². The topological polar surface area (TPSA) is 37.8 Å². The Kier molecular flexibility index (Phi) is 3.61. The molecule has 3 nitrogen and oxygen atoms in total. The normalized spacial score (nSPS) is 11.4. The Morgan fingerprint density at radius 1 is 1.16 bits per heavy atom. The Morgan fingerprint density at radius 3 is 2.53 bits per heavy atom. The van der Waals surface area contributed by atoms with Gasteiger partial charge in [0.25, 0.3) is 0 Å². The molecule has 7 heteroatoms. The number of benzene rings is 1. The molecular formula is C12H9ClF3N3. The summed E-state index contributed by atoms with van der Waals surface area (Å²) in [7, 11) is 0. The predicted octanol–water partition coefficient (Wildman–Crippen LogP) is 4.20. The third-order valence-electron chi connectivity index (χ3n) is 2.51. The van der Waals surface area contributed by atoms with Gasteiger partial charge in [-0.15, -0.1) is 0 Å². The minimum Gasteiger partial charge on any atom is -0.339 e. The lowest BCUT2D eigenvalue weighted by Gasteiger charge is -2.15. The fraction of sp³-hybridized carbons (Fsp3) is 0.167. The molecule has 0 unspecified atom stereocenters. The number of rotatable bonds is 2. The fourth-order valence-corrected chi connectivity index (χ4v) is 1.65. The highest BCUT2D eigenvalue weighted by Crippen LogP contribution is 2.36. The van der Waals surface area contributed by atoms with Crippen LogP contribution in [-0.4, -0.2) is 9.97 Å². The monoisotopic (exact) mass is 287 g/mol. The van der Waals surface area contributed by atoms with E-state index in [0.29, 0.717) is 5.56 Å². The van der Waals surface area contributed by atoms with Gasteiger partial charge in [-0.2, -0.15) is 13.2 Å². The molecule has 0 aliphatic carbocycles. The second kappa shape index (κ2) is 5.05. The summed E-state index contributed by atoms with van der Waals surface area (Å²) >= 11 is 5.80. The Labute approximate surface area is 112 Å². The van der Waals surface area contributed by atoms with Gasteiger partial charge in [-0.3, -0.25) is 0 Å². The molecule has 1 heterocycles. The smallest absolute Gasteiger partial charge is 0.339 e. The van der Waals surface area contributed by atoms with Crippen LogP contribution in [0.15, 0.2) is 30.6 Å². The highest BCUT2D eigenvalue weighted by atomic mass is 35.5. The Balaban J connectivity index is 2.42. The molecule has 0 saturated heterocycles. The van der Waals surface area contributed by atoms with Crippen molar-refractivity contribution in [2.24, 2.45) is 0 Å². The van der Waals surface area contributed by atoms with Gasteiger partial charge in [0.2, 0.25) is 0 Å². The molecule has 0 spiro atoms. The number of anilines is 2. The highest BCUT2D eigenvalue weighted by molar-refractivity contribution is 6.30. The van der Waals surface area contributed by atoms with Crippen LogP contribution < -0.4 is 5.32 Å². The average molecular weight is 288 g/mol. The summed E-state index contributed by atoms with van der Waals surface area (Å²) < 4.78 is 38.5. The summed E-state index contributed by atoms with van der Waals surface area (Å²) in [6.07, 6.45) is -3.25. The van der Waals surface area contributed by atoms with Gasteiger partial charge in [-0.25, -0.2) is 9.97 Å². The molecule has 0 aliphatic rings. The van der Waals surface area contributed by atoms with Crippen molar-refractivity contribution in [3.8, 4) is 0 Å². The van der Waals surface area contributed by atoms with Crippen molar-refractivity contribution in [2.45, 2.75) is 13.1 Å². The van der Waals surface area contributed by atoms with E-state index < -0.39 is 11.7 Å². The summed E-state index contributed by atoms with van der Waals surface area (Å²) in [6.45, 7) is 1.63. The zero-order valence-corrected chi connectivity index (χ0v) is 10.5. The molecule has 1 aromatic heterocycles. The quantitative estimate of drug-likeness (QED) is 0.841. The van der Waals surface area contributed by atoms with E-state index in [2.05, 4.69) is 15.3 Å². The number of nitrogens with zero attached hydrogens (tertiary/aromatic N) is 2. The van der Waals surface area contributed by atoms with Gasteiger partial charge in [-0.1, -0.05) is 23.7 Å². The average Bonchev–Trinajstić information content (AvgIpc) is 2.34. The number of halogens is 4. The van der Waals surface area contributed by atoms with Gasteiger partial charge in [0, 0.05) is 5.56 Å². The van der Waals surface area contributed by atoms with Crippen molar-refractivity contribution in [1.29, 1.82) is 0 Å². The second-order valence-electron chi connectivity index (χ2n) is 3.81. The summed E-state index contributed by atoms with van der Waals surface area (Å²) in [4.78, 5) is 7.63. The Hall–Kier alpha value is -1.82. The lowest BCUT2D eigenvalue weighted by atomic mass is 10.1. The first-order chi connectivity index (χ1) is 8.89. The number of alkyl halides is 3. The molecule has 0 bridgehead atoms. The molecule has 0 saturated carbocycles. The van der Waals surface area contributed by atoms with Crippen LogP contribution in [0, 0.1) is 6.92 Å². The molecule has 0 aliphatic heterocycles. The van der Waals surface area contributed by atoms with Crippen LogP contribution >= 0.6 is 11.6 Å². The third-order valence-corrected chi connectivity index (χ3v) is 2.89. The van der Waals surface area contributed by atoms with Crippen molar-refractivity contribution >= 4 is 23.1 Å². The maximum absolute atomic E-state index is 12.8. The molecule has 0 atom stereocenters. The van der Waals surface area contributed by atoms with Crippen LogP contribution in [-0.2, 0) is 6.18 Å². The van der Waals surface area contributed by atoms with Gasteiger partial charge in [-0.05, 0) is 19.1 Å². The van der Waals surface area contributed by atoms with Crippen LogP contribution in [0.2, 0.25) is 5.15 Å². The lowest BCUT2D eigenvalue weighted by Crippen LogP contribution is -2.09. The van der Waals surface area contributed by atoms with Crippen molar-refractivity contribution in [3.05, 3.63) is 46.9 Å². The highest BCUT2D eigenvalue weighted by Gasteiger charge is 2.33. The van der Waals surface area contributed by atoms with E-state index in [0.717, 1.165) is 6.07 Å². The maximum atomic E-state index is 12.8. The molecule has 19 heavy (non-hydrogen) atoms. The van der Waals surface area contributed by atoms with Crippen LogP contribution in [0.3, 0.4) is 0 Å². The predicted molar refractivity (Wildman–Crippen MR) is 66.5 cm³/mol. The fourth-order valence-electron chi connectivity index (χ4n) is 1.52. The molecule has 100 valence electrons. The van der Waals surface area contributed by atoms with E-state index >= 15 is 0 Å². The van der Waals surface area contributed by atoms with Crippen molar-refractivity contribution < 1.29 is 13.2 Å². The zero-order chi connectivity index (χ0) is 14.0. The largest absolute Gasteiger partial charge is 0.418 e. The standard InChI is InChI=1S/C12H9ClF3N3/c1-7-10(13)17-6-18-11(7)19-9-5-3-2-4-8(9)12(14,15)16/h2-6H,1H3,(H,17,18,19). The van der Waals surface area contributed by atoms with E-state index in [9.17, 15) is 13.2 Å². The number of aromatic nitrogens is 2. The van der Waals surface area contributed by atoms with Crippen LogP contribution in [0.25, 0.3) is 0 Å². The molecule has 0 radical (unpaired) electrons. The van der Waals surface area contributed by atoms with Gasteiger partial charge in [0.15, 0.2) is 0 Å². The first kappa shape index (κ1) is 13.6. The number of hydrogen-bond donors (Lipinski definition) is 1. The summed E-state index contributed by atoms with van der Waals surface area (Å²) in [5.74, 6) is 0.247. The van der Waals surface area contributed by atoms with E-state index in [-0.39, 0.29) is 16.7 Å². The molecule has 1 aromatic carbocycles. The third kappa shape index (κ3) is 2.96. The van der Waals surface area contributed by atoms with Gasteiger partial charge in [0.05, 0.1) is 11.3 Å². The number of nitrogens with one attached hydrogen (secondary N) is 1. The van der Waals surface area contributed by atoms with Crippen LogP contribution in [0.4, 0.5) is 24.7 Å². The summed E-state index contributed by atoms with van der Waals surface area (Å²) in [6, 6.07) is 5.17. The van der Waals surface area contributed by atoms with Crippen molar-refractivity contribution in [3.63, 3.8) is 0 Å². The molecular weight excluding hydrogens is 279 g/mol. The van der Waals surface area contributed by atoms with E-state index in [1.807, 2.05) is 0 Å². The number of hydrogen-bond acceptors (Lipinski definition) is 3. The van der Waals surface area contributed by atoms with Crippen molar-refractivity contribution in [2.75, 3.05) is 5.32 Å². The molecule has 2 aromatic rings. The van der Waals surface area contributed by atoms with Gasteiger partial charge in [0.1, 0.15) is 17.3 Å². The molecule has 0 amide bonds. The lowest BCUT2D eigenvalue weighted by molar-refractivity contribution is -0.136. The van der Waals surface area contributed by atoms with E-state index in [1.165, 1.54) is 24.5 Å². The molecule has 2 rings (SSSR count). The molecule has 0 fully saturated rings. The Bertz CT molecular complexity index is 599. The zero-order valence-electron chi connectivity index (χ0n) is 9.79. The van der Waals surface area contributed by atoms with Gasteiger partial charge < -0.3 is 5.32 Å². The molecule has 1 N–H and O–H groups in total. The summed E-state index contributed by atoms with van der Waals surface area (Å²) in [5, 5.41) is 2.83. The minimum absolute atomic E-state index is 0.0760. The first-order valence-electron chi connectivity index (χ1n) is 5.30. The minimum atomic E-state index is -4.44. The van der Waals surface area contributed by atoms with Crippen molar-refractivity contribution in [1.82, 2.24) is 9.97 Å². The number of para-hydroxylation sites is 1. The SMILES string of the molecule is Cc1c(Cl)ncnc1Nc1ccccc1C(F)(F)F. The Morgan fingerprint density at radius 2 is 1.84 bits per heavy atom. The second-order valence-corrected chi connectivity index (χ2v) is 4.16. The maximum Gasteiger partial charge on any atom is 0.418 e. The van der Waals surface area contributed by atoms with Crippen LogP contribution in [0.1, 0.15) is 11.1 Å².